The van der Waals surface area contributed by atoms with Crippen LogP contribution in [-0.2, 0) is 0 Å². The molecule has 0 saturated heterocycles. The molecule has 3 heteroatoms. The number of halogens is 1. The van der Waals surface area contributed by atoms with E-state index in [1.165, 1.54) is 25.0 Å². The Hall–Kier alpha value is -1.02. The molecule has 2 heterocycles. The zero-order valence-corrected chi connectivity index (χ0v) is 8.54. The molecule has 0 aromatic carbocycles. The molecule has 0 radical (unpaired) electrons. The number of rotatable bonds is 1. The van der Waals surface area contributed by atoms with Crippen molar-refractivity contribution in [3.8, 4) is 0 Å². The van der Waals surface area contributed by atoms with Crippen LogP contribution in [0.25, 0.3) is 5.65 Å². The Balaban J connectivity index is 2.10. The SMILES string of the molecule is Clc1ccn2cc(C3CCC3)nc2c1. The highest BCUT2D eigenvalue weighted by Gasteiger charge is 2.21. The number of pyridine rings is 1. The molecule has 14 heavy (non-hydrogen) atoms. The fourth-order valence-electron chi connectivity index (χ4n) is 1.88. The molecule has 2 aromatic rings. The minimum atomic E-state index is 0.689. The number of aromatic nitrogens is 2. The van der Waals surface area contributed by atoms with Gasteiger partial charge in [-0.3, -0.25) is 0 Å². The van der Waals surface area contributed by atoms with Crippen molar-refractivity contribution in [2.45, 2.75) is 25.2 Å². The summed E-state index contributed by atoms with van der Waals surface area (Å²) < 4.78 is 2.04. The maximum atomic E-state index is 5.90. The van der Waals surface area contributed by atoms with Gasteiger partial charge in [-0.25, -0.2) is 4.98 Å². The van der Waals surface area contributed by atoms with Gasteiger partial charge in [-0.05, 0) is 25.0 Å². The van der Waals surface area contributed by atoms with E-state index in [1.807, 2.05) is 22.7 Å². The Morgan fingerprint density at radius 2 is 2.29 bits per heavy atom. The molecule has 0 bridgehead atoms. The molecule has 1 aliphatic rings. The third-order valence-corrected chi connectivity index (χ3v) is 3.20. The molecular formula is C11H11ClN2. The smallest absolute Gasteiger partial charge is 0.138 e. The van der Waals surface area contributed by atoms with Crippen molar-refractivity contribution < 1.29 is 0 Å². The Morgan fingerprint density at radius 1 is 1.43 bits per heavy atom. The van der Waals surface area contributed by atoms with Gasteiger partial charge in [-0.2, -0.15) is 0 Å². The molecule has 1 fully saturated rings. The summed E-state index contributed by atoms with van der Waals surface area (Å²) in [5.74, 6) is 0.689. The molecule has 1 saturated carbocycles. The quantitative estimate of drug-likeness (QED) is 0.700. The van der Waals surface area contributed by atoms with Crippen LogP contribution in [0.3, 0.4) is 0 Å². The summed E-state index contributed by atoms with van der Waals surface area (Å²) >= 11 is 5.90. The van der Waals surface area contributed by atoms with E-state index in [0.29, 0.717) is 5.92 Å². The van der Waals surface area contributed by atoms with Crippen LogP contribution >= 0.6 is 11.6 Å². The number of hydrogen-bond acceptors (Lipinski definition) is 1. The maximum Gasteiger partial charge on any atom is 0.138 e. The molecule has 2 nitrogen and oxygen atoms in total. The van der Waals surface area contributed by atoms with Crippen molar-refractivity contribution in [3.63, 3.8) is 0 Å². The molecular weight excluding hydrogens is 196 g/mol. The minimum absolute atomic E-state index is 0.689. The van der Waals surface area contributed by atoms with Crippen LogP contribution in [0.1, 0.15) is 30.9 Å². The van der Waals surface area contributed by atoms with E-state index in [-0.39, 0.29) is 0 Å². The third kappa shape index (κ3) is 1.22. The summed E-state index contributed by atoms with van der Waals surface area (Å²) in [5.41, 5.74) is 2.18. The zero-order valence-electron chi connectivity index (χ0n) is 7.78. The van der Waals surface area contributed by atoms with Crippen molar-refractivity contribution in [3.05, 3.63) is 35.2 Å². The van der Waals surface area contributed by atoms with Crippen LogP contribution in [0, 0.1) is 0 Å². The first-order chi connectivity index (χ1) is 6.83. The number of fused-ring (bicyclic) bond motifs is 1. The lowest BCUT2D eigenvalue weighted by atomic mass is 9.83. The van der Waals surface area contributed by atoms with Crippen LogP contribution in [0.4, 0.5) is 0 Å². The molecule has 2 aromatic heterocycles. The highest BCUT2D eigenvalue weighted by molar-refractivity contribution is 6.30. The van der Waals surface area contributed by atoms with Crippen molar-refractivity contribution in [1.82, 2.24) is 9.38 Å². The topological polar surface area (TPSA) is 17.3 Å². The molecule has 0 aliphatic heterocycles. The van der Waals surface area contributed by atoms with E-state index in [2.05, 4.69) is 11.2 Å². The van der Waals surface area contributed by atoms with Crippen LogP contribution in [-0.4, -0.2) is 9.38 Å². The lowest BCUT2D eigenvalue weighted by Gasteiger charge is -2.22. The summed E-state index contributed by atoms with van der Waals surface area (Å²) in [7, 11) is 0. The van der Waals surface area contributed by atoms with Crippen molar-refractivity contribution >= 4 is 17.2 Å². The van der Waals surface area contributed by atoms with Gasteiger partial charge in [-0.1, -0.05) is 18.0 Å². The summed E-state index contributed by atoms with van der Waals surface area (Å²) in [4.78, 5) is 4.57. The molecule has 0 N–H and O–H groups in total. The molecule has 1 aliphatic carbocycles. The molecule has 0 spiro atoms. The highest BCUT2D eigenvalue weighted by atomic mass is 35.5. The maximum absolute atomic E-state index is 5.90. The highest BCUT2D eigenvalue weighted by Crippen LogP contribution is 2.35. The summed E-state index contributed by atoms with van der Waals surface area (Å²) in [6.45, 7) is 0. The Morgan fingerprint density at radius 3 is 3.00 bits per heavy atom. The number of imidazole rings is 1. The second-order valence-electron chi connectivity index (χ2n) is 3.90. The van der Waals surface area contributed by atoms with Gasteiger partial charge in [-0.15, -0.1) is 0 Å². The van der Waals surface area contributed by atoms with Crippen molar-refractivity contribution in [2.75, 3.05) is 0 Å². The third-order valence-electron chi connectivity index (χ3n) is 2.96. The molecule has 3 rings (SSSR count). The van der Waals surface area contributed by atoms with Crippen LogP contribution < -0.4 is 0 Å². The fraction of sp³-hybridized carbons (Fsp3) is 0.364. The Labute approximate surface area is 87.5 Å². The van der Waals surface area contributed by atoms with Crippen LogP contribution in [0.15, 0.2) is 24.5 Å². The van der Waals surface area contributed by atoms with E-state index in [4.69, 9.17) is 11.6 Å². The monoisotopic (exact) mass is 206 g/mol. The Bertz CT molecular complexity index is 471. The van der Waals surface area contributed by atoms with E-state index in [1.54, 1.807) is 0 Å². The van der Waals surface area contributed by atoms with E-state index in [9.17, 15) is 0 Å². The lowest BCUT2D eigenvalue weighted by Crippen LogP contribution is -2.08. The minimum Gasteiger partial charge on any atom is -0.307 e. The average Bonchev–Trinajstić information content (AvgIpc) is 2.43. The average molecular weight is 207 g/mol. The summed E-state index contributed by atoms with van der Waals surface area (Å²) in [6.07, 6.45) is 8.01. The second kappa shape index (κ2) is 2.99. The van der Waals surface area contributed by atoms with Gasteiger partial charge in [0, 0.05) is 23.3 Å². The Kier molecular flexibility index (Phi) is 1.77. The van der Waals surface area contributed by atoms with Gasteiger partial charge in [0.2, 0.25) is 0 Å². The lowest BCUT2D eigenvalue weighted by molar-refractivity contribution is 0.412. The van der Waals surface area contributed by atoms with E-state index < -0.39 is 0 Å². The normalized spacial score (nSPS) is 17.2. The van der Waals surface area contributed by atoms with Crippen molar-refractivity contribution in [1.29, 1.82) is 0 Å². The molecule has 0 amide bonds. The van der Waals surface area contributed by atoms with E-state index >= 15 is 0 Å². The first-order valence-electron chi connectivity index (χ1n) is 4.97. The fourth-order valence-corrected chi connectivity index (χ4v) is 2.03. The zero-order chi connectivity index (χ0) is 9.54. The molecule has 0 atom stereocenters. The number of hydrogen-bond donors (Lipinski definition) is 0. The van der Waals surface area contributed by atoms with Gasteiger partial charge in [0.1, 0.15) is 5.65 Å². The standard InChI is InChI=1S/C11H11ClN2/c12-9-4-5-14-7-10(8-2-1-3-8)13-11(14)6-9/h4-8H,1-3H2. The van der Waals surface area contributed by atoms with Gasteiger partial charge in [0.25, 0.3) is 0 Å². The summed E-state index contributed by atoms with van der Waals surface area (Å²) in [5, 5.41) is 0.753. The first kappa shape index (κ1) is 8.30. The first-order valence-corrected chi connectivity index (χ1v) is 5.35. The summed E-state index contributed by atoms with van der Waals surface area (Å²) in [6, 6.07) is 3.80. The molecule has 72 valence electrons. The predicted molar refractivity (Wildman–Crippen MR) is 56.8 cm³/mol. The largest absolute Gasteiger partial charge is 0.307 e. The van der Waals surface area contributed by atoms with Gasteiger partial charge >= 0.3 is 0 Å². The van der Waals surface area contributed by atoms with Crippen molar-refractivity contribution in [2.24, 2.45) is 0 Å². The predicted octanol–water partition coefficient (Wildman–Crippen LogP) is 3.26. The van der Waals surface area contributed by atoms with Gasteiger partial charge in [0.15, 0.2) is 0 Å². The second-order valence-corrected chi connectivity index (χ2v) is 4.34. The van der Waals surface area contributed by atoms with Gasteiger partial charge < -0.3 is 4.40 Å². The van der Waals surface area contributed by atoms with Gasteiger partial charge in [0.05, 0.1) is 5.69 Å². The van der Waals surface area contributed by atoms with Crippen LogP contribution in [0.2, 0.25) is 5.02 Å². The van der Waals surface area contributed by atoms with Crippen LogP contribution in [0.5, 0.6) is 0 Å². The van der Waals surface area contributed by atoms with E-state index in [0.717, 1.165) is 10.7 Å². The molecule has 0 unspecified atom stereocenters. The number of nitrogens with zero attached hydrogens (tertiary/aromatic N) is 2.